The van der Waals surface area contributed by atoms with E-state index in [1.54, 1.807) is 14.2 Å². The van der Waals surface area contributed by atoms with Gasteiger partial charge in [-0.05, 0) is 59.2 Å². The van der Waals surface area contributed by atoms with E-state index in [2.05, 4.69) is 42.5 Å². The predicted octanol–water partition coefficient (Wildman–Crippen LogP) is 6.03. The fourth-order valence-corrected chi connectivity index (χ4v) is 4.79. The van der Waals surface area contributed by atoms with Gasteiger partial charge in [0.05, 0.1) is 14.2 Å². The lowest BCUT2D eigenvalue weighted by Crippen LogP contribution is -2.09. The zero-order chi connectivity index (χ0) is 20.4. The average Bonchev–Trinajstić information content (AvgIpc) is 2.88. The zero-order valence-electron chi connectivity index (χ0n) is 16.7. The van der Waals surface area contributed by atoms with Gasteiger partial charge in [0.15, 0.2) is 11.5 Å². The highest BCUT2D eigenvalue weighted by atomic mass is 35.5. The van der Waals surface area contributed by atoms with Crippen molar-refractivity contribution in [2.24, 2.45) is 0 Å². The Kier molecular flexibility index (Phi) is 5.79. The second-order valence-electron chi connectivity index (χ2n) is 7.40. The second-order valence-corrected chi connectivity index (χ2v) is 7.84. The Morgan fingerprint density at radius 2 is 1.66 bits per heavy atom. The number of para-hydroxylation sites is 1. The molecule has 0 aromatic heterocycles. The molecule has 1 N–H and O–H groups in total. The van der Waals surface area contributed by atoms with Gasteiger partial charge in [-0.1, -0.05) is 54.1 Å². The van der Waals surface area contributed by atoms with Gasteiger partial charge in [0, 0.05) is 23.1 Å². The van der Waals surface area contributed by atoms with E-state index in [1.165, 1.54) is 22.3 Å². The standard InChI is InChI=1S/C25H25ClO3/c1-28-24-9-5-8-21(25(24)29-2)22-14-16(12-13-27)18-6-3-4-7-19(18)20-11-10-17(26)15-23(20)22/h3-11,15-16,22,27H,12-14H2,1-2H3/t16-,22+/m0/s1. The van der Waals surface area contributed by atoms with Crippen molar-refractivity contribution in [1.82, 2.24) is 0 Å². The summed E-state index contributed by atoms with van der Waals surface area (Å²) in [6.45, 7) is 0.151. The van der Waals surface area contributed by atoms with E-state index in [-0.39, 0.29) is 18.4 Å². The molecule has 3 aromatic rings. The number of rotatable bonds is 5. The van der Waals surface area contributed by atoms with Crippen LogP contribution in [0.1, 0.15) is 41.4 Å². The maximum atomic E-state index is 9.77. The van der Waals surface area contributed by atoms with Crippen LogP contribution in [0, 0.1) is 0 Å². The number of fused-ring (bicyclic) bond motifs is 3. The van der Waals surface area contributed by atoms with E-state index in [1.807, 2.05) is 18.2 Å². The number of halogens is 1. The molecule has 0 radical (unpaired) electrons. The molecule has 0 aliphatic heterocycles. The van der Waals surface area contributed by atoms with Crippen LogP contribution < -0.4 is 9.47 Å². The first-order valence-electron chi connectivity index (χ1n) is 9.88. The van der Waals surface area contributed by atoms with Crippen molar-refractivity contribution in [3.8, 4) is 22.6 Å². The van der Waals surface area contributed by atoms with Gasteiger partial charge in [0.1, 0.15) is 0 Å². The summed E-state index contributed by atoms with van der Waals surface area (Å²) in [5.74, 6) is 1.76. The quantitative estimate of drug-likeness (QED) is 0.560. The number of methoxy groups -OCH3 is 2. The molecular formula is C25H25ClO3. The van der Waals surface area contributed by atoms with E-state index in [0.717, 1.165) is 17.7 Å². The molecule has 1 aliphatic carbocycles. The van der Waals surface area contributed by atoms with Crippen molar-refractivity contribution in [2.75, 3.05) is 20.8 Å². The summed E-state index contributed by atoms with van der Waals surface area (Å²) in [6, 6.07) is 20.6. The topological polar surface area (TPSA) is 38.7 Å². The molecule has 0 amide bonds. The number of ether oxygens (including phenoxy) is 2. The number of hydrogen-bond donors (Lipinski definition) is 1. The van der Waals surface area contributed by atoms with Gasteiger partial charge in [0.25, 0.3) is 0 Å². The molecule has 0 saturated carbocycles. The van der Waals surface area contributed by atoms with Crippen LogP contribution >= 0.6 is 11.6 Å². The normalized spacial score (nSPS) is 17.8. The number of aliphatic hydroxyl groups excluding tert-OH is 1. The van der Waals surface area contributed by atoms with E-state index in [0.29, 0.717) is 17.2 Å². The summed E-state index contributed by atoms with van der Waals surface area (Å²) in [6.07, 6.45) is 1.57. The SMILES string of the molecule is COc1cccc([C@H]2C[C@H](CCO)c3ccccc3-c3ccc(Cl)cc32)c1OC. The first kappa shape index (κ1) is 19.8. The van der Waals surface area contributed by atoms with Crippen molar-refractivity contribution >= 4 is 11.6 Å². The number of hydrogen-bond acceptors (Lipinski definition) is 3. The fourth-order valence-electron chi connectivity index (χ4n) is 4.61. The summed E-state index contributed by atoms with van der Waals surface area (Å²) in [4.78, 5) is 0. The molecule has 4 heteroatoms. The molecule has 4 rings (SSSR count). The minimum atomic E-state index is 0.0673. The molecule has 0 unspecified atom stereocenters. The Morgan fingerprint density at radius 3 is 2.41 bits per heavy atom. The van der Waals surface area contributed by atoms with E-state index in [9.17, 15) is 5.11 Å². The van der Waals surface area contributed by atoms with Crippen LogP contribution in [0.2, 0.25) is 5.02 Å². The average molecular weight is 409 g/mol. The molecule has 150 valence electrons. The lowest BCUT2D eigenvalue weighted by atomic mass is 9.81. The summed E-state index contributed by atoms with van der Waals surface area (Å²) in [7, 11) is 3.33. The van der Waals surface area contributed by atoms with Crippen LogP contribution in [0.5, 0.6) is 11.5 Å². The molecule has 29 heavy (non-hydrogen) atoms. The van der Waals surface area contributed by atoms with Crippen LogP contribution in [0.25, 0.3) is 11.1 Å². The first-order chi connectivity index (χ1) is 14.2. The van der Waals surface area contributed by atoms with Crippen molar-refractivity contribution in [2.45, 2.75) is 24.7 Å². The van der Waals surface area contributed by atoms with Crippen molar-refractivity contribution < 1.29 is 14.6 Å². The Bertz CT molecular complexity index is 1010. The van der Waals surface area contributed by atoms with Gasteiger partial charge in [-0.25, -0.2) is 0 Å². The van der Waals surface area contributed by atoms with E-state index < -0.39 is 0 Å². The first-order valence-corrected chi connectivity index (χ1v) is 10.3. The molecular weight excluding hydrogens is 384 g/mol. The predicted molar refractivity (Wildman–Crippen MR) is 117 cm³/mol. The summed E-state index contributed by atoms with van der Waals surface area (Å²) < 4.78 is 11.3. The third kappa shape index (κ3) is 3.61. The summed E-state index contributed by atoms with van der Waals surface area (Å²) in [5, 5.41) is 10.5. The zero-order valence-corrected chi connectivity index (χ0v) is 17.4. The lowest BCUT2D eigenvalue weighted by Gasteiger charge is -2.25. The molecule has 0 saturated heterocycles. The van der Waals surface area contributed by atoms with Crippen LogP contribution in [-0.4, -0.2) is 25.9 Å². The molecule has 1 aliphatic rings. The van der Waals surface area contributed by atoms with Gasteiger partial charge in [-0.2, -0.15) is 0 Å². The van der Waals surface area contributed by atoms with Crippen molar-refractivity contribution in [3.05, 3.63) is 82.4 Å². The Labute approximate surface area is 176 Å². The second kappa shape index (κ2) is 8.48. The van der Waals surface area contributed by atoms with E-state index >= 15 is 0 Å². The molecule has 0 spiro atoms. The number of aliphatic hydroxyl groups is 1. The van der Waals surface area contributed by atoms with E-state index in [4.69, 9.17) is 21.1 Å². The van der Waals surface area contributed by atoms with Crippen molar-refractivity contribution in [1.29, 1.82) is 0 Å². The lowest BCUT2D eigenvalue weighted by molar-refractivity contribution is 0.271. The third-order valence-corrected chi connectivity index (χ3v) is 6.12. The fraction of sp³-hybridized carbons (Fsp3) is 0.280. The van der Waals surface area contributed by atoms with Gasteiger partial charge >= 0.3 is 0 Å². The largest absolute Gasteiger partial charge is 0.493 e. The third-order valence-electron chi connectivity index (χ3n) is 5.89. The van der Waals surface area contributed by atoms with Gasteiger partial charge in [-0.3, -0.25) is 0 Å². The molecule has 0 fully saturated rings. The van der Waals surface area contributed by atoms with Crippen LogP contribution in [0.3, 0.4) is 0 Å². The van der Waals surface area contributed by atoms with Crippen LogP contribution in [0.4, 0.5) is 0 Å². The minimum Gasteiger partial charge on any atom is -0.493 e. The Balaban J connectivity index is 1.98. The molecule has 0 heterocycles. The maximum Gasteiger partial charge on any atom is 0.164 e. The highest BCUT2D eigenvalue weighted by Crippen LogP contribution is 2.50. The molecule has 3 aromatic carbocycles. The van der Waals surface area contributed by atoms with Crippen LogP contribution in [-0.2, 0) is 0 Å². The summed E-state index contributed by atoms with van der Waals surface area (Å²) >= 11 is 6.44. The summed E-state index contributed by atoms with van der Waals surface area (Å²) in [5.41, 5.74) is 5.92. The molecule has 3 nitrogen and oxygen atoms in total. The molecule has 2 atom stereocenters. The Morgan fingerprint density at radius 1 is 0.897 bits per heavy atom. The van der Waals surface area contributed by atoms with Gasteiger partial charge in [0.2, 0.25) is 0 Å². The Hall–Kier alpha value is -2.49. The highest BCUT2D eigenvalue weighted by molar-refractivity contribution is 6.30. The van der Waals surface area contributed by atoms with Gasteiger partial charge in [-0.15, -0.1) is 0 Å². The minimum absolute atomic E-state index is 0.0673. The van der Waals surface area contributed by atoms with Crippen LogP contribution in [0.15, 0.2) is 60.7 Å². The maximum absolute atomic E-state index is 9.77. The van der Waals surface area contributed by atoms with Crippen molar-refractivity contribution in [3.63, 3.8) is 0 Å². The molecule has 0 bridgehead atoms. The highest BCUT2D eigenvalue weighted by Gasteiger charge is 2.31. The number of benzene rings is 3. The monoisotopic (exact) mass is 408 g/mol. The van der Waals surface area contributed by atoms with Gasteiger partial charge < -0.3 is 14.6 Å². The smallest absolute Gasteiger partial charge is 0.164 e.